The van der Waals surface area contributed by atoms with Crippen LogP contribution in [-0.2, 0) is 26.1 Å². The zero-order valence-corrected chi connectivity index (χ0v) is 15.2. The maximum absolute atomic E-state index is 12.2. The monoisotopic (exact) mass is 377 g/mol. The lowest BCUT2D eigenvalue weighted by atomic mass is 10.2. The number of rotatable bonds is 7. The van der Waals surface area contributed by atoms with Gasteiger partial charge in [-0.25, -0.2) is 13.2 Å². The zero-order chi connectivity index (χ0) is 19.2. The molecule has 0 fully saturated rings. The number of nitrogens with one attached hydrogen (secondary N) is 1. The smallest absolute Gasteiger partial charge is 0.337 e. The first kappa shape index (κ1) is 19.4. The summed E-state index contributed by atoms with van der Waals surface area (Å²) < 4.78 is 29.7. The van der Waals surface area contributed by atoms with Crippen molar-refractivity contribution in [1.82, 2.24) is 10.3 Å². The molecule has 0 atom stereocenters. The number of amides is 1. The highest BCUT2D eigenvalue weighted by molar-refractivity contribution is 7.92. The van der Waals surface area contributed by atoms with E-state index in [2.05, 4.69) is 15.0 Å². The van der Waals surface area contributed by atoms with E-state index in [0.717, 1.165) is 16.1 Å². The molecule has 8 nitrogen and oxygen atoms in total. The van der Waals surface area contributed by atoms with E-state index in [1.165, 1.54) is 31.4 Å². The van der Waals surface area contributed by atoms with Crippen LogP contribution in [0, 0.1) is 0 Å². The topological polar surface area (TPSA) is 106 Å². The Kier molecular flexibility index (Phi) is 6.29. The van der Waals surface area contributed by atoms with Crippen LogP contribution in [-0.4, -0.2) is 45.2 Å². The number of hydrogen-bond acceptors (Lipinski definition) is 6. The number of anilines is 1. The van der Waals surface area contributed by atoms with E-state index >= 15 is 0 Å². The van der Waals surface area contributed by atoms with Crippen LogP contribution in [0.2, 0.25) is 0 Å². The van der Waals surface area contributed by atoms with Crippen molar-refractivity contribution in [3.8, 4) is 0 Å². The van der Waals surface area contributed by atoms with Gasteiger partial charge in [-0.3, -0.25) is 14.1 Å². The molecule has 2 rings (SSSR count). The molecule has 1 aromatic heterocycles. The zero-order valence-electron chi connectivity index (χ0n) is 14.4. The first-order valence-electron chi connectivity index (χ1n) is 7.63. The quantitative estimate of drug-likeness (QED) is 0.720. The lowest BCUT2D eigenvalue weighted by Crippen LogP contribution is -2.40. The van der Waals surface area contributed by atoms with Crippen molar-refractivity contribution in [1.29, 1.82) is 0 Å². The predicted octanol–water partition coefficient (Wildman–Crippen LogP) is 0.951. The van der Waals surface area contributed by atoms with Gasteiger partial charge in [-0.2, -0.15) is 0 Å². The number of ether oxygens (including phenoxy) is 1. The van der Waals surface area contributed by atoms with Crippen molar-refractivity contribution in [3.63, 3.8) is 0 Å². The number of methoxy groups -OCH3 is 1. The second-order valence-corrected chi connectivity index (χ2v) is 7.35. The molecule has 0 aliphatic rings. The normalized spacial score (nSPS) is 10.8. The van der Waals surface area contributed by atoms with Gasteiger partial charge in [-0.15, -0.1) is 0 Å². The predicted molar refractivity (Wildman–Crippen MR) is 96.1 cm³/mol. The third kappa shape index (κ3) is 5.28. The summed E-state index contributed by atoms with van der Waals surface area (Å²) >= 11 is 0. The van der Waals surface area contributed by atoms with Crippen LogP contribution in [0.25, 0.3) is 0 Å². The highest BCUT2D eigenvalue weighted by Crippen LogP contribution is 2.18. The number of sulfonamides is 1. The molecule has 0 aliphatic carbocycles. The summed E-state index contributed by atoms with van der Waals surface area (Å²) in [6.45, 7) is -0.109. The average molecular weight is 377 g/mol. The fourth-order valence-corrected chi connectivity index (χ4v) is 3.03. The van der Waals surface area contributed by atoms with E-state index in [9.17, 15) is 18.0 Å². The third-order valence-electron chi connectivity index (χ3n) is 3.50. The van der Waals surface area contributed by atoms with Gasteiger partial charge in [-0.1, -0.05) is 0 Å². The van der Waals surface area contributed by atoms with Crippen molar-refractivity contribution in [2.75, 3.05) is 24.2 Å². The number of nitrogens with zero attached hydrogens (tertiary/aromatic N) is 2. The fraction of sp³-hybridized carbons (Fsp3) is 0.235. The summed E-state index contributed by atoms with van der Waals surface area (Å²) in [6.07, 6.45) is 4.22. The SMILES string of the molecule is COC(=O)c1ccc(N(CC(=O)NCc2ccncc2)S(C)(=O)=O)cc1. The maximum Gasteiger partial charge on any atom is 0.337 e. The maximum atomic E-state index is 12.2. The molecule has 0 bridgehead atoms. The molecule has 0 aliphatic heterocycles. The van der Waals surface area contributed by atoms with Crippen LogP contribution >= 0.6 is 0 Å². The standard InChI is InChI=1S/C17H19N3O5S/c1-25-17(22)14-3-5-15(6-4-14)20(26(2,23)24)12-16(21)19-11-13-7-9-18-10-8-13/h3-10H,11-12H2,1-2H3,(H,19,21). The first-order valence-corrected chi connectivity index (χ1v) is 9.48. The lowest BCUT2D eigenvalue weighted by molar-refractivity contribution is -0.119. The molecule has 0 spiro atoms. The van der Waals surface area contributed by atoms with Crippen molar-refractivity contribution >= 4 is 27.6 Å². The van der Waals surface area contributed by atoms with Gasteiger partial charge >= 0.3 is 5.97 Å². The van der Waals surface area contributed by atoms with Crippen LogP contribution in [0.5, 0.6) is 0 Å². The number of carbonyl (C=O) groups excluding carboxylic acids is 2. The Morgan fingerprint density at radius 2 is 1.73 bits per heavy atom. The Bertz CT molecular complexity index is 867. The van der Waals surface area contributed by atoms with Gasteiger partial charge in [0.25, 0.3) is 0 Å². The number of aromatic nitrogens is 1. The molecule has 1 N–H and O–H groups in total. The van der Waals surface area contributed by atoms with Gasteiger partial charge < -0.3 is 10.1 Å². The molecule has 0 saturated heterocycles. The highest BCUT2D eigenvalue weighted by atomic mass is 32.2. The lowest BCUT2D eigenvalue weighted by Gasteiger charge is -2.22. The number of hydrogen-bond donors (Lipinski definition) is 1. The van der Waals surface area contributed by atoms with Crippen LogP contribution in [0.3, 0.4) is 0 Å². The van der Waals surface area contributed by atoms with E-state index in [-0.39, 0.29) is 24.3 Å². The van der Waals surface area contributed by atoms with Crippen molar-refractivity contribution in [2.45, 2.75) is 6.54 Å². The molecule has 0 saturated carbocycles. The largest absolute Gasteiger partial charge is 0.465 e. The highest BCUT2D eigenvalue weighted by Gasteiger charge is 2.21. The number of pyridine rings is 1. The summed E-state index contributed by atoms with van der Waals surface area (Å²) in [7, 11) is -2.43. The number of carbonyl (C=O) groups is 2. The molecule has 0 unspecified atom stereocenters. The number of benzene rings is 1. The van der Waals surface area contributed by atoms with E-state index in [0.29, 0.717) is 0 Å². The summed E-state index contributed by atoms with van der Waals surface area (Å²) in [5, 5.41) is 2.66. The van der Waals surface area contributed by atoms with Crippen molar-refractivity contribution < 1.29 is 22.7 Å². The summed E-state index contributed by atoms with van der Waals surface area (Å²) in [5.41, 5.74) is 1.41. The van der Waals surface area contributed by atoms with Gasteiger partial charge in [0.2, 0.25) is 15.9 Å². The van der Waals surface area contributed by atoms with Gasteiger partial charge in [0.1, 0.15) is 6.54 Å². The Hall–Kier alpha value is -2.94. The van der Waals surface area contributed by atoms with E-state index < -0.39 is 21.9 Å². The minimum Gasteiger partial charge on any atom is -0.465 e. The van der Waals surface area contributed by atoms with E-state index in [1.54, 1.807) is 24.5 Å². The molecular weight excluding hydrogens is 358 g/mol. The Labute approximate surface area is 151 Å². The molecule has 0 radical (unpaired) electrons. The van der Waals surface area contributed by atoms with Gasteiger partial charge in [-0.05, 0) is 42.0 Å². The molecule has 2 aromatic rings. The Balaban J connectivity index is 2.10. The minimum atomic E-state index is -3.69. The first-order chi connectivity index (χ1) is 12.3. The second-order valence-electron chi connectivity index (χ2n) is 5.44. The summed E-state index contributed by atoms with van der Waals surface area (Å²) in [4.78, 5) is 27.5. The molecular formula is C17H19N3O5S. The molecule has 1 amide bonds. The van der Waals surface area contributed by atoms with E-state index in [4.69, 9.17) is 0 Å². The molecule has 1 heterocycles. The van der Waals surface area contributed by atoms with Crippen molar-refractivity contribution in [2.24, 2.45) is 0 Å². The molecule has 138 valence electrons. The summed E-state index contributed by atoms with van der Waals surface area (Å²) in [6, 6.07) is 9.27. The van der Waals surface area contributed by atoms with E-state index in [1.807, 2.05) is 0 Å². The van der Waals surface area contributed by atoms with Crippen LogP contribution < -0.4 is 9.62 Å². The fourth-order valence-electron chi connectivity index (χ4n) is 2.17. The van der Waals surface area contributed by atoms with Gasteiger partial charge in [0.15, 0.2) is 0 Å². The van der Waals surface area contributed by atoms with Crippen LogP contribution in [0.15, 0.2) is 48.8 Å². The minimum absolute atomic E-state index is 0.264. The molecule has 9 heteroatoms. The molecule has 1 aromatic carbocycles. The summed E-state index contributed by atoms with van der Waals surface area (Å²) in [5.74, 6) is -0.984. The van der Waals surface area contributed by atoms with Gasteiger partial charge in [0.05, 0.1) is 24.6 Å². The Morgan fingerprint density at radius 3 is 2.27 bits per heavy atom. The van der Waals surface area contributed by atoms with Crippen molar-refractivity contribution in [3.05, 3.63) is 59.9 Å². The number of esters is 1. The molecule has 26 heavy (non-hydrogen) atoms. The average Bonchev–Trinajstić information content (AvgIpc) is 2.64. The van der Waals surface area contributed by atoms with Crippen LogP contribution in [0.1, 0.15) is 15.9 Å². The van der Waals surface area contributed by atoms with Crippen LogP contribution in [0.4, 0.5) is 5.69 Å². The third-order valence-corrected chi connectivity index (χ3v) is 4.64. The Morgan fingerprint density at radius 1 is 1.12 bits per heavy atom. The second kappa shape index (κ2) is 8.43. The van der Waals surface area contributed by atoms with Gasteiger partial charge in [0, 0.05) is 18.9 Å².